The van der Waals surface area contributed by atoms with Gasteiger partial charge < -0.3 is 5.32 Å². The van der Waals surface area contributed by atoms with E-state index in [1.165, 1.54) is 6.33 Å². The van der Waals surface area contributed by atoms with E-state index in [0.717, 1.165) is 17.8 Å². The summed E-state index contributed by atoms with van der Waals surface area (Å²) in [5.41, 5.74) is 1.62. The fourth-order valence-corrected chi connectivity index (χ4v) is 2.30. The molecule has 3 heterocycles. The first-order chi connectivity index (χ1) is 10.7. The zero-order valence-corrected chi connectivity index (χ0v) is 13.9. The third-order valence-electron chi connectivity index (χ3n) is 2.81. The normalized spacial score (nSPS) is 10.7. The fourth-order valence-electron chi connectivity index (χ4n) is 1.82. The minimum absolute atomic E-state index is 0.319. The molecule has 3 aromatic heterocycles. The zero-order valence-electron chi connectivity index (χ0n) is 11.5. The van der Waals surface area contributed by atoms with Gasteiger partial charge in [0.05, 0.1) is 16.4 Å². The van der Waals surface area contributed by atoms with Gasteiger partial charge in [-0.3, -0.25) is 0 Å². The third kappa shape index (κ3) is 2.93. The number of nitrogens with zero attached hydrogens (tertiary/aromatic N) is 6. The molecule has 0 aliphatic heterocycles. The number of aromatic nitrogens is 6. The Hall–Kier alpha value is -2.06. The molecular weight excluding hydrogens is 370 g/mol. The van der Waals surface area contributed by atoms with Crippen molar-refractivity contribution in [3.05, 3.63) is 40.6 Å². The lowest BCUT2D eigenvalue weighted by Crippen LogP contribution is -2.07. The van der Waals surface area contributed by atoms with Gasteiger partial charge in [0.2, 0.25) is 0 Å². The summed E-state index contributed by atoms with van der Waals surface area (Å²) in [4.78, 5) is 16.7. The van der Waals surface area contributed by atoms with Gasteiger partial charge in [-0.2, -0.15) is 15.1 Å². The SMILES string of the molecule is CCNc1nc(-n2cc(-c3ccncn3)cn2)nc(Cl)c1Br. The quantitative estimate of drug-likeness (QED) is 0.701. The van der Waals surface area contributed by atoms with Crippen molar-refractivity contribution in [3.63, 3.8) is 0 Å². The highest BCUT2D eigenvalue weighted by Gasteiger charge is 2.13. The van der Waals surface area contributed by atoms with E-state index in [4.69, 9.17) is 11.6 Å². The Morgan fingerprint density at radius 2 is 2.23 bits per heavy atom. The van der Waals surface area contributed by atoms with Crippen LogP contribution in [0.1, 0.15) is 6.92 Å². The summed E-state index contributed by atoms with van der Waals surface area (Å²) in [5, 5.41) is 7.70. The highest BCUT2D eigenvalue weighted by atomic mass is 79.9. The van der Waals surface area contributed by atoms with E-state index < -0.39 is 0 Å². The molecule has 0 amide bonds. The topological polar surface area (TPSA) is 81.4 Å². The molecule has 3 rings (SSSR count). The minimum atomic E-state index is 0.319. The molecule has 0 aliphatic carbocycles. The Kier molecular flexibility index (Phi) is 4.30. The van der Waals surface area contributed by atoms with Crippen LogP contribution in [0.25, 0.3) is 17.2 Å². The van der Waals surface area contributed by atoms with Crippen LogP contribution in [0.4, 0.5) is 5.82 Å². The maximum absolute atomic E-state index is 6.13. The van der Waals surface area contributed by atoms with Crippen LogP contribution in [-0.4, -0.2) is 36.3 Å². The molecule has 0 spiro atoms. The Bertz CT molecular complexity index is 790. The minimum Gasteiger partial charge on any atom is -0.369 e. The summed E-state index contributed by atoms with van der Waals surface area (Å²) in [7, 11) is 0. The smallest absolute Gasteiger partial charge is 0.254 e. The molecule has 0 aliphatic rings. The molecule has 0 atom stereocenters. The van der Waals surface area contributed by atoms with Crippen molar-refractivity contribution in [2.45, 2.75) is 6.92 Å². The van der Waals surface area contributed by atoms with E-state index in [0.29, 0.717) is 21.4 Å². The number of nitrogens with one attached hydrogen (secondary N) is 1. The van der Waals surface area contributed by atoms with Crippen molar-refractivity contribution in [1.82, 2.24) is 29.7 Å². The number of halogens is 2. The van der Waals surface area contributed by atoms with Gasteiger partial charge in [0.25, 0.3) is 5.95 Å². The maximum atomic E-state index is 6.13. The Labute approximate surface area is 139 Å². The van der Waals surface area contributed by atoms with Crippen LogP contribution in [0.15, 0.2) is 35.5 Å². The predicted molar refractivity (Wildman–Crippen MR) is 87.1 cm³/mol. The number of rotatable bonds is 4. The Balaban J connectivity index is 2.00. The molecular formula is C13H11BrClN7. The largest absolute Gasteiger partial charge is 0.369 e. The van der Waals surface area contributed by atoms with Crippen LogP contribution < -0.4 is 5.32 Å². The van der Waals surface area contributed by atoms with Crippen molar-refractivity contribution in [2.24, 2.45) is 0 Å². The second kappa shape index (κ2) is 6.37. The highest BCUT2D eigenvalue weighted by molar-refractivity contribution is 9.10. The molecule has 0 fully saturated rings. The van der Waals surface area contributed by atoms with Gasteiger partial charge in [0.15, 0.2) is 5.15 Å². The summed E-state index contributed by atoms with van der Waals surface area (Å²) in [6, 6.07) is 1.81. The maximum Gasteiger partial charge on any atom is 0.254 e. The molecule has 1 N–H and O–H groups in total. The van der Waals surface area contributed by atoms with Crippen molar-refractivity contribution in [3.8, 4) is 17.2 Å². The predicted octanol–water partition coefficient (Wildman–Crippen LogP) is 2.97. The standard InChI is InChI=1S/C13H11BrClN7/c1-2-17-12-10(14)11(15)20-13(21-12)22-6-8(5-19-22)9-3-4-16-7-18-9/h3-7H,2H2,1H3,(H,17,20,21). The Morgan fingerprint density at radius 3 is 2.95 bits per heavy atom. The van der Waals surface area contributed by atoms with Crippen LogP contribution in [0.3, 0.4) is 0 Å². The van der Waals surface area contributed by atoms with E-state index >= 15 is 0 Å². The molecule has 112 valence electrons. The zero-order chi connectivity index (χ0) is 15.5. The molecule has 0 unspecified atom stereocenters. The lowest BCUT2D eigenvalue weighted by atomic mass is 10.2. The van der Waals surface area contributed by atoms with E-state index in [2.05, 4.69) is 46.3 Å². The lowest BCUT2D eigenvalue weighted by molar-refractivity contribution is 0.807. The van der Waals surface area contributed by atoms with Crippen LogP contribution >= 0.6 is 27.5 Å². The van der Waals surface area contributed by atoms with E-state index in [1.54, 1.807) is 29.3 Å². The molecule has 0 aromatic carbocycles. The molecule has 7 nitrogen and oxygen atoms in total. The van der Waals surface area contributed by atoms with Gasteiger partial charge >= 0.3 is 0 Å². The third-order valence-corrected chi connectivity index (χ3v) is 4.06. The highest BCUT2D eigenvalue weighted by Crippen LogP contribution is 2.28. The van der Waals surface area contributed by atoms with E-state index in [1.807, 2.05) is 6.92 Å². The Morgan fingerprint density at radius 1 is 1.36 bits per heavy atom. The van der Waals surface area contributed by atoms with Gasteiger partial charge in [0, 0.05) is 24.5 Å². The van der Waals surface area contributed by atoms with Gasteiger partial charge in [-0.1, -0.05) is 11.6 Å². The molecule has 0 radical (unpaired) electrons. The van der Waals surface area contributed by atoms with Crippen LogP contribution in [0.5, 0.6) is 0 Å². The first-order valence-electron chi connectivity index (χ1n) is 6.47. The first kappa shape index (κ1) is 14.9. The van der Waals surface area contributed by atoms with Crippen LogP contribution in [-0.2, 0) is 0 Å². The molecule has 0 saturated carbocycles. The molecule has 0 bridgehead atoms. The van der Waals surface area contributed by atoms with Crippen LogP contribution in [0.2, 0.25) is 5.15 Å². The first-order valence-corrected chi connectivity index (χ1v) is 7.64. The molecule has 0 saturated heterocycles. The lowest BCUT2D eigenvalue weighted by Gasteiger charge is -2.08. The van der Waals surface area contributed by atoms with Gasteiger partial charge in [-0.15, -0.1) is 0 Å². The average Bonchev–Trinajstić information content (AvgIpc) is 3.02. The molecule has 22 heavy (non-hydrogen) atoms. The summed E-state index contributed by atoms with van der Waals surface area (Å²) >= 11 is 9.49. The van der Waals surface area contributed by atoms with E-state index in [-0.39, 0.29) is 0 Å². The fraction of sp³-hybridized carbons (Fsp3) is 0.154. The monoisotopic (exact) mass is 379 g/mol. The second-order valence-corrected chi connectivity index (χ2v) is 5.43. The van der Waals surface area contributed by atoms with Crippen LogP contribution in [0, 0.1) is 0 Å². The molecule has 9 heteroatoms. The van der Waals surface area contributed by atoms with Gasteiger partial charge in [0.1, 0.15) is 12.1 Å². The summed E-state index contributed by atoms with van der Waals surface area (Å²) < 4.78 is 2.18. The number of hydrogen-bond donors (Lipinski definition) is 1. The second-order valence-electron chi connectivity index (χ2n) is 4.28. The van der Waals surface area contributed by atoms with Crippen molar-refractivity contribution in [1.29, 1.82) is 0 Å². The summed E-state index contributed by atoms with van der Waals surface area (Å²) in [6.45, 7) is 2.69. The van der Waals surface area contributed by atoms with Crippen molar-refractivity contribution >= 4 is 33.3 Å². The molecule has 3 aromatic rings. The number of anilines is 1. The average molecular weight is 381 g/mol. The summed E-state index contributed by atoms with van der Waals surface area (Å²) in [5.74, 6) is 1.00. The van der Waals surface area contributed by atoms with Crippen molar-refractivity contribution < 1.29 is 0 Å². The van der Waals surface area contributed by atoms with Gasteiger partial charge in [-0.05, 0) is 28.9 Å². The van der Waals surface area contributed by atoms with Crippen molar-refractivity contribution in [2.75, 3.05) is 11.9 Å². The van der Waals surface area contributed by atoms with Gasteiger partial charge in [-0.25, -0.2) is 14.6 Å². The summed E-state index contributed by atoms with van der Waals surface area (Å²) in [6.07, 6.45) is 6.64. The number of hydrogen-bond acceptors (Lipinski definition) is 6. The van der Waals surface area contributed by atoms with E-state index in [9.17, 15) is 0 Å².